The fraction of sp³-hybridized carbons (Fsp3) is 1.00. The number of nitrogens with zero attached hydrogens (tertiary/aromatic N) is 1. The van der Waals surface area contributed by atoms with E-state index in [9.17, 15) is 0 Å². The lowest BCUT2D eigenvalue weighted by Crippen LogP contribution is -2.48. The molecule has 13 heavy (non-hydrogen) atoms. The average molecular weight is 185 g/mol. The van der Waals surface area contributed by atoms with Crippen LogP contribution < -0.4 is 10.6 Å². The lowest BCUT2D eigenvalue weighted by Gasteiger charge is -2.32. The van der Waals surface area contributed by atoms with Gasteiger partial charge in [-0.15, -0.1) is 0 Å². The van der Waals surface area contributed by atoms with E-state index in [4.69, 9.17) is 0 Å². The molecular weight excluding hydrogens is 162 g/mol. The standard InChI is InChI=1S/C10H23N3/c1-3-11-5-4-10(2)13-8-6-12-7-9-13/h10-12H,3-9H2,1-2H3. The molecule has 1 fully saturated rings. The third-order valence-corrected chi connectivity index (χ3v) is 2.76. The van der Waals surface area contributed by atoms with Gasteiger partial charge in [0.1, 0.15) is 0 Å². The van der Waals surface area contributed by atoms with Crippen molar-refractivity contribution in [2.45, 2.75) is 26.3 Å². The second-order valence-corrected chi connectivity index (χ2v) is 3.78. The van der Waals surface area contributed by atoms with Crippen molar-refractivity contribution in [2.75, 3.05) is 39.3 Å². The highest BCUT2D eigenvalue weighted by Crippen LogP contribution is 2.03. The molecule has 0 amide bonds. The molecule has 78 valence electrons. The van der Waals surface area contributed by atoms with Crippen molar-refractivity contribution in [3.63, 3.8) is 0 Å². The molecule has 1 saturated heterocycles. The van der Waals surface area contributed by atoms with E-state index < -0.39 is 0 Å². The Hall–Kier alpha value is -0.120. The zero-order valence-corrected chi connectivity index (χ0v) is 8.97. The molecule has 0 aromatic carbocycles. The highest BCUT2D eigenvalue weighted by Gasteiger charge is 2.15. The van der Waals surface area contributed by atoms with Gasteiger partial charge >= 0.3 is 0 Å². The Morgan fingerprint density at radius 3 is 2.69 bits per heavy atom. The smallest absolute Gasteiger partial charge is 0.0110 e. The van der Waals surface area contributed by atoms with Crippen LogP contribution in [-0.4, -0.2) is 50.2 Å². The number of piperazine rings is 1. The minimum absolute atomic E-state index is 0.737. The first-order chi connectivity index (χ1) is 6.34. The van der Waals surface area contributed by atoms with Crippen LogP contribution in [0, 0.1) is 0 Å². The molecule has 1 aliphatic rings. The van der Waals surface area contributed by atoms with Gasteiger partial charge in [0, 0.05) is 32.2 Å². The quantitative estimate of drug-likeness (QED) is 0.603. The molecule has 1 rings (SSSR count). The van der Waals surface area contributed by atoms with Gasteiger partial charge in [0.05, 0.1) is 0 Å². The van der Waals surface area contributed by atoms with E-state index in [2.05, 4.69) is 29.4 Å². The predicted octanol–water partition coefficient (Wildman–Crippen LogP) is 0.280. The summed E-state index contributed by atoms with van der Waals surface area (Å²) in [5.41, 5.74) is 0. The monoisotopic (exact) mass is 185 g/mol. The van der Waals surface area contributed by atoms with Gasteiger partial charge in [-0.25, -0.2) is 0 Å². The van der Waals surface area contributed by atoms with Crippen molar-refractivity contribution in [1.82, 2.24) is 15.5 Å². The first-order valence-corrected chi connectivity index (χ1v) is 5.50. The van der Waals surface area contributed by atoms with Crippen molar-refractivity contribution >= 4 is 0 Å². The fourth-order valence-corrected chi connectivity index (χ4v) is 1.79. The minimum atomic E-state index is 0.737. The van der Waals surface area contributed by atoms with E-state index in [1.807, 2.05) is 0 Å². The molecule has 0 aliphatic carbocycles. The van der Waals surface area contributed by atoms with Crippen LogP contribution in [0.2, 0.25) is 0 Å². The second kappa shape index (κ2) is 6.35. The average Bonchev–Trinajstić information content (AvgIpc) is 2.19. The maximum atomic E-state index is 3.38. The Bertz CT molecular complexity index is 121. The Balaban J connectivity index is 2.09. The van der Waals surface area contributed by atoms with E-state index >= 15 is 0 Å². The Labute approximate surface area is 81.9 Å². The summed E-state index contributed by atoms with van der Waals surface area (Å²) in [6.07, 6.45) is 1.27. The van der Waals surface area contributed by atoms with Crippen molar-refractivity contribution in [3.05, 3.63) is 0 Å². The molecule has 1 unspecified atom stereocenters. The van der Waals surface area contributed by atoms with Crippen LogP contribution in [0.3, 0.4) is 0 Å². The molecule has 0 radical (unpaired) electrons. The molecule has 2 N–H and O–H groups in total. The third-order valence-electron chi connectivity index (χ3n) is 2.76. The Morgan fingerprint density at radius 2 is 2.08 bits per heavy atom. The molecule has 0 saturated carbocycles. The zero-order valence-electron chi connectivity index (χ0n) is 8.97. The molecule has 0 aromatic rings. The summed E-state index contributed by atoms with van der Waals surface area (Å²) in [6, 6.07) is 0.737. The van der Waals surface area contributed by atoms with Gasteiger partial charge in [0.15, 0.2) is 0 Å². The maximum absolute atomic E-state index is 3.38. The van der Waals surface area contributed by atoms with Gasteiger partial charge in [0.25, 0.3) is 0 Å². The molecule has 0 aromatic heterocycles. The molecule has 3 heteroatoms. The first-order valence-electron chi connectivity index (χ1n) is 5.50. The van der Waals surface area contributed by atoms with Gasteiger partial charge in [-0.05, 0) is 26.4 Å². The fourth-order valence-electron chi connectivity index (χ4n) is 1.79. The van der Waals surface area contributed by atoms with Crippen LogP contribution in [0.25, 0.3) is 0 Å². The van der Waals surface area contributed by atoms with E-state index in [1.54, 1.807) is 0 Å². The number of nitrogens with one attached hydrogen (secondary N) is 2. The van der Waals surface area contributed by atoms with Crippen molar-refractivity contribution in [1.29, 1.82) is 0 Å². The van der Waals surface area contributed by atoms with Crippen LogP contribution in [-0.2, 0) is 0 Å². The van der Waals surface area contributed by atoms with Gasteiger partial charge in [0.2, 0.25) is 0 Å². The second-order valence-electron chi connectivity index (χ2n) is 3.78. The largest absolute Gasteiger partial charge is 0.317 e. The van der Waals surface area contributed by atoms with Gasteiger partial charge in [-0.3, -0.25) is 4.90 Å². The predicted molar refractivity (Wildman–Crippen MR) is 57.1 cm³/mol. The summed E-state index contributed by atoms with van der Waals surface area (Å²) >= 11 is 0. The van der Waals surface area contributed by atoms with Gasteiger partial charge < -0.3 is 10.6 Å². The molecule has 1 aliphatic heterocycles. The summed E-state index contributed by atoms with van der Waals surface area (Å²) in [5, 5.41) is 6.76. The Kier molecular flexibility index (Phi) is 5.35. The van der Waals surface area contributed by atoms with Crippen LogP contribution in [0.15, 0.2) is 0 Å². The van der Waals surface area contributed by atoms with E-state index in [0.717, 1.165) is 32.2 Å². The van der Waals surface area contributed by atoms with Crippen LogP contribution in [0.5, 0.6) is 0 Å². The van der Waals surface area contributed by atoms with Crippen LogP contribution in [0.4, 0.5) is 0 Å². The summed E-state index contributed by atoms with van der Waals surface area (Å²) in [6.45, 7) is 11.5. The minimum Gasteiger partial charge on any atom is -0.317 e. The van der Waals surface area contributed by atoms with E-state index in [0.29, 0.717) is 0 Å². The highest BCUT2D eigenvalue weighted by atomic mass is 15.2. The SMILES string of the molecule is CCNCCC(C)N1CCNCC1. The van der Waals surface area contributed by atoms with Crippen molar-refractivity contribution in [2.24, 2.45) is 0 Å². The van der Waals surface area contributed by atoms with Crippen LogP contribution >= 0.6 is 0 Å². The third kappa shape index (κ3) is 4.07. The molecule has 3 nitrogen and oxygen atoms in total. The number of hydrogen-bond acceptors (Lipinski definition) is 3. The lowest BCUT2D eigenvalue weighted by molar-refractivity contribution is 0.176. The molecule has 0 bridgehead atoms. The molecule has 1 atom stereocenters. The Morgan fingerprint density at radius 1 is 1.38 bits per heavy atom. The van der Waals surface area contributed by atoms with Crippen molar-refractivity contribution < 1.29 is 0 Å². The number of hydrogen-bond donors (Lipinski definition) is 2. The van der Waals surface area contributed by atoms with Crippen molar-refractivity contribution in [3.8, 4) is 0 Å². The van der Waals surface area contributed by atoms with E-state index in [1.165, 1.54) is 19.5 Å². The number of rotatable bonds is 5. The molecule has 0 spiro atoms. The summed E-state index contributed by atoms with van der Waals surface area (Å²) in [5.74, 6) is 0. The van der Waals surface area contributed by atoms with Crippen LogP contribution in [0.1, 0.15) is 20.3 Å². The summed E-state index contributed by atoms with van der Waals surface area (Å²) in [4.78, 5) is 2.58. The van der Waals surface area contributed by atoms with Gasteiger partial charge in [-0.1, -0.05) is 6.92 Å². The normalized spacial score (nSPS) is 21.7. The van der Waals surface area contributed by atoms with Gasteiger partial charge in [-0.2, -0.15) is 0 Å². The first kappa shape index (κ1) is 11.0. The maximum Gasteiger partial charge on any atom is 0.0110 e. The zero-order chi connectivity index (χ0) is 9.52. The lowest BCUT2D eigenvalue weighted by atomic mass is 10.2. The summed E-state index contributed by atoms with van der Waals surface area (Å²) < 4.78 is 0. The molecular formula is C10H23N3. The highest BCUT2D eigenvalue weighted by molar-refractivity contribution is 4.73. The summed E-state index contributed by atoms with van der Waals surface area (Å²) in [7, 11) is 0. The van der Waals surface area contributed by atoms with E-state index in [-0.39, 0.29) is 0 Å². The topological polar surface area (TPSA) is 27.3 Å². The molecule has 1 heterocycles.